The lowest BCUT2D eigenvalue weighted by molar-refractivity contribution is 0.528. The molecular weight excluding hydrogens is 384 g/mol. The van der Waals surface area contributed by atoms with Gasteiger partial charge in [-0.05, 0) is 47.2 Å². The number of fused-ring (bicyclic) bond motifs is 1. The van der Waals surface area contributed by atoms with Crippen LogP contribution < -0.4 is 0 Å². The molecule has 0 unspecified atom stereocenters. The summed E-state index contributed by atoms with van der Waals surface area (Å²) < 4.78 is 6.79. The van der Waals surface area contributed by atoms with Crippen molar-refractivity contribution in [2.45, 2.75) is 10.6 Å². The van der Waals surface area contributed by atoms with Gasteiger partial charge in [0.25, 0.3) is 0 Å². The van der Waals surface area contributed by atoms with Crippen molar-refractivity contribution in [3.63, 3.8) is 0 Å². The Bertz CT molecular complexity index is 982. The maximum Gasteiger partial charge on any atom is 0.247 e. The van der Waals surface area contributed by atoms with Crippen LogP contribution in [0.15, 0.2) is 80.5 Å². The third-order valence-corrected chi connectivity index (χ3v) is 5.15. The number of thioether (sulfide) groups is 1. The lowest BCUT2D eigenvalue weighted by Gasteiger charge is -2.02. The molecule has 0 amide bonds. The first-order chi connectivity index (χ1) is 11.8. The Hall–Kier alpha value is -2.11. The first kappa shape index (κ1) is 15.4. The van der Waals surface area contributed by atoms with Gasteiger partial charge in [-0.3, -0.25) is 0 Å². The summed E-state index contributed by atoms with van der Waals surface area (Å²) in [5, 5.41) is 10.8. The van der Waals surface area contributed by atoms with E-state index < -0.39 is 0 Å². The van der Waals surface area contributed by atoms with Crippen LogP contribution in [0.3, 0.4) is 0 Å². The fourth-order valence-electron chi connectivity index (χ4n) is 2.42. The summed E-state index contributed by atoms with van der Waals surface area (Å²) in [5.74, 6) is 1.84. The van der Waals surface area contributed by atoms with Gasteiger partial charge in [0, 0.05) is 14.9 Å². The highest BCUT2D eigenvalue weighted by atomic mass is 79.9. The van der Waals surface area contributed by atoms with Crippen molar-refractivity contribution in [2.75, 3.05) is 0 Å². The molecule has 0 saturated heterocycles. The van der Waals surface area contributed by atoms with E-state index in [9.17, 15) is 0 Å². The molecule has 118 valence electrons. The Morgan fingerprint density at radius 1 is 0.875 bits per heavy atom. The number of hydrogen-bond acceptors (Lipinski definition) is 4. The lowest BCUT2D eigenvalue weighted by atomic mass is 10.1. The maximum absolute atomic E-state index is 5.76. The van der Waals surface area contributed by atoms with Gasteiger partial charge in [0.2, 0.25) is 11.8 Å². The number of hydrogen-bond donors (Lipinski definition) is 0. The van der Waals surface area contributed by atoms with Crippen LogP contribution in [0.25, 0.3) is 22.2 Å². The maximum atomic E-state index is 5.76. The first-order valence-electron chi connectivity index (χ1n) is 7.48. The molecule has 0 fully saturated rings. The first-order valence-corrected chi connectivity index (χ1v) is 9.26. The summed E-state index contributed by atoms with van der Waals surface area (Å²) in [4.78, 5) is 1.19. The molecule has 4 aromatic rings. The van der Waals surface area contributed by atoms with Crippen LogP contribution in [-0.4, -0.2) is 10.2 Å². The average Bonchev–Trinajstić information content (AvgIpc) is 3.09. The molecule has 0 N–H and O–H groups in total. The molecule has 0 bridgehead atoms. The zero-order valence-electron chi connectivity index (χ0n) is 12.6. The van der Waals surface area contributed by atoms with E-state index >= 15 is 0 Å². The molecule has 0 atom stereocenters. The third-order valence-electron chi connectivity index (χ3n) is 3.64. The smallest absolute Gasteiger partial charge is 0.247 e. The quantitative estimate of drug-likeness (QED) is 0.399. The van der Waals surface area contributed by atoms with Gasteiger partial charge in [0.1, 0.15) is 0 Å². The Balaban J connectivity index is 1.48. The predicted molar refractivity (Wildman–Crippen MR) is 101 cm³/mol. The third kappa shape index (κ3) is 3.37. The molecule has 0 spiro atoms. The van der Waals surface area contributed by atoms with Crippen LogP contribution in [0, 0.1) is 0 Å². The molecule has 3 aromatic carbocycles. The highest BCUT2D eigenvalue weighted by Gasteiger charge is 2.09. The summed E-state index contributed by atoms with van der Waals surface area (Å²) >= 11 is 5.12. The monoisotopic (exact) mass is 396 g/mol. The minimum absolute atomic E-state index is 0.552. The lowest BCUT2D eigenvalue weighted by Crippen LogP contribution is -1.81. The van der Waals surface area contributed by atoms with Crippen molar-refractivity contribution in [3.05, 3.63) is 77.1 Å². The van der Waals surface area contributed by atoms with Crippen molar-refractivity contribution >= 4 is 38.5 Å². The minimum atomic E-state index is 0.552. The van der Waals surface area contributed by atoms with Gasteiger partial charge in [-0.25, -0.2) is 0 Å². The van der Waals surface area contributed by atoms with Crippen molar-refractivity contribution in [1.82, 2.24) is 10.2 Å². The number of aromatic nitrogens is 2. The van der Waals surface area contributed by atoms with Gasteiger partial charge < -0.3 is 4.42 Å². The molecule has 24 heavy (non-hydrogen) atoms. The van der Waals surface area contributed by atoms with E-state index in [1.807, 2.05) is 24.3 Å². The second-order valence-electron chi connectivity index (χ2n) is 5.31. The number of benzene rings is 3. The second-order valence-corrected chi connectivity index (χ2v) is 7.27. The normalized spacial score (nSPS) is 11.0. The average molecular weight is 397 g/mol. The van der Waals surface area contributed by atoms with Gasteiger partial charge >= 0.3 is 0 Å². The second kappa shape index (κ2) is 6.79. The molecule has 3 nitrogen and oxygen atoms in total. The van der Waals surface area contributed by atoms with E-state index in [1.165, 1.54) is 15.7 Å². The van der Waals surface area contributed by atoms with Crippen LogP contribution in [0.1, 0.15) is 5.89 Å². The van der Waals surface area contributed by atoms with Crippen LogP contribution in [0.5, 0.6) is 0 Å². The molecule has 0 aliphatic carbocycles. The van der Waals surface area contributed by atoms with Crippen LogP contribution in [-0.2, 0) is 5.75 Å². The number of rotatable bonds is 4. The number of halogens is 1. The molecule has 4 rings (SSSR count). The molecule has 0 saturated carbocycles. The van der Waals surface area contributed by atoms with E-state index in [4.69, 9.17) is 4.42 Å². The fraction of sp³-hybridized carbons (Fsp3) is 0.0526. The largest absolute Gasteiger partial charge is 0.420 e. The Morgan fingerprint density at radius 3 is 2.50 bits per heavy atom. The molecule has 1 heterocycles. The highest BCUT2D eigenvalue weighted by molar-refractivity contribution is 9.10. The SMILES string of the molecule is Brc1ccc(-c2nnc(CSc3ccc4ccccc4c3)o2)cc1. The van der Waals surface area contributed by atoms with Gasteiger partial charge in [-0.15, -0.1) is 22.0 Å². The zero-order chi connectivity index (χ0) is 16.4. The van der Waals surface area contributed by atoms with Crippen LogP contribution in [0.4, 0.5) is 0 Å². The van der Waals surface area contributed by atoms with E-state index in [0.29, 0.717) is 17.5 Å². The molecule has 1 aromatic heterocycles. The fourth-order valence-corrected chi connectivity index (χ4v) is 3.47. The molecular formula is C19H13BrN2OS. The highest BCUT2D eigenvalue weighted by Crippen LogP contribution is 2.27. The minimum Gasteiger partial charge on any atom is -0.420 e. The van der Waals surface area contributed by atoms with Crippen LogP contribution >= 0.6 is 27.7 Å². The van der Waals surface area contributed by atoms with E-state index in [1.54, 1.807) is 11.8 Å². The summed E-state index contributed by atoms with van der Waals surface area (Å²) in [7, 11) is 0. The summed E-state index contributed by atoms with van der Waals surface area (Å²) in [6.07, 6.45) is 0. The summed E-state index contributed by atoms with van der Waals surface area (Å²) in [5.41, 5.74) is 0.924. The van der Waals surface area contributed by atoms with E-state index in [0.717, 1.165) is 10.0 Å². The number of nitrogens with zero attached hydrogens (tertiary/aromatic N) is 2. The van der Waals surface area contributed by atoms with Gasteiger partial charge in [0.05, 0.1) is 5.75 Å². The topological polar surface area (TPSA) is 38.9 Å². The molecule has 5 heteroatoms. The Morgan fingerprint density at radius 2 is 1.67 bits per heavy atom. The van der Waals surface area contributed by atoms with Crippen molar-refractivity contribution in [2.24, 2.45) is 0 Å². The summed E-state index contributed by atoms with van der Waals surface area (Å²) in [6, 6.07) is 22.6. The zero-order valence-corrected chi connectivity index (χ0v) is 15.0. The van der Waals surface area contributed by atoms with Crippen molar-refractivity contribution in [3.8, 4) is 11.5 Å². The van der Waals surface area contributed by atoms with Crippen molar-refractivity contribution in [1.29, 1.82) is 0 Å². The predicted octanol–water partition coefficient (Wildman–Crippen LogP) is 5.94. The molecule has 0 aliphatic heterocycles. The molecule has 0 aliphatic rings. The molecule has 0 radical (unpaired) electrons. The Kier molecular flexibility index (Phi) is 4.36. The van der Waals surface area contributed by atoms with Gasteiger partial charge in [-0.2, -0.15) is 0 Å². The summed E-state index contributed by atoms with van der Waals surface area (Å²) in [6.45, 7) is 0. The van der Waals surface area contributed by atoms with Gasteiger partial charge in [0.15, 0.2) is 0 Å². The van der Waals surface area contributed by atoms with Crippen molar-refractivity contribution < 1.29 is 4.42 Å². The van der Waals surface area contributed by atoms with Gasteiger partial charge in [-0.1, -0.05) is 46.3 Å². The van der Waals surface area contributed by atoms with E-state index in [2.05, 4.69) is 68.6 Å². The Labute approximate surface area is 152 Å². The standard InChI is InChI=1S/C19H13BrN2OS/c20-16-8-5-14(6-9-16)19-22-21-18(23-19)12-24-17-10-7-13-3-1-2-4-15(13)11-17/h1-11H,12H2. The van der Waals surface area contributed by atoms with E-state index in [-0.39, 0.29) is 0 Å². The van der Waals surface area contributed by atoms with Crippen LogP contribution in [0.2, 0.25) is 0 Å².